The van der Waals surface area contributed by atoms with Gasteiger partial charge in [0.25, 0.3) is 0 Å². The van der Waals surface area contributed by atoms with Crippen LogP contribution >= 0.6 is 0 Å². The summed E-state index contributed by atoms with van der Waals surface area (Å²) in [5, 5.41) is 3.48. The van der Waals surface area contributed by atoms with Crippen LogP contribution in [-0.4, -0.2) is 25.2 Å². The van der Waals surface area contributed by atoms with E-state index in [0.717, 1.165) is 0 Å². The molecule has 82 valence electrons. The van der Waals surface area contributed by atoms with Crippen molar-refractivity contribution in [3.63, 3.8) is 0 Å². The topological polar surface area (TPSA) is 38.3 Å². The first-order chi connectivity index (χ1) is 6.72. The van der Waals surface area contributed by atoms with E-state index in [4.69, 9.17) is 0 Å². The van der Waals surface area contributed by atoms with Gasteiger partial charge in [0.05, 0.1) is 13.5 Å². The maximum Gasteiger partial charge on any atom is 0.307 e. The predicted octanol–water partition coefficient (Wildman–Crippen LogP) is 1.86. The van der Waals surface area contributed by atoms with E-state index in [1.807, 2.05) is 6.92 Å². The third kappa shape index (κ3) is 4.09. The van der Waals surface area contributed by atoms with E-state index in [-0.39, 0.29) is 12.0 Å². The molecule has 0 aromatic carbocycles. The zero-order chi connectivity index (χ0) is 10.4. The van der Waals surface area contributed by atoms with Crippen molar-refractivity contribution >= 4 is 5.97 Å². The minimum absolute atomic E-state index is 0.124. The summed E-state index contributed by atoms with van der Waals surface area (Å²) >= 11 is 0. The van der Waals surface area contributed by atoms with Crippen LogP contribution in [0.25, 0.3) is 0 Å². The number of carbonyl (C=O) groups excluding carboxylic acids is 1. The Morgan fingerprint density at radius 2 is 2.07 bits per heavy atom. The fourth-order valence-electron chi connectivity index (χ4n) is 2.06. The monoisotopic (exact) mass is 199 g/mol. The van der Waals surface area contributed by atoms with E-state index in [1.54, 1.807) is 0 Å². The molecule has 1 unspecified atom stereocenters. The maximum atomic E-state index is 11.0. The molecule has 14 heavy (non-hydrogen) atoms. The van der Waals surface area contributed by atoms with Gasteiger partial charge in [0.15, 0.2) is 0 Å². The second-order valence-corrected chi connectivity index (χ2v) is 4.18. The predicted molar refractivity (Wildman–Crippen MR) is 56.1 cm³/mol. The Bertz CT molecular complexity index is 176. The van der Waals surface area contributed by atoms with Crippen LogP contribution in [0.3, 0.4) is 0 Å². The highest BCUT2D eigenvalue weighted by Gasteiger charge is 2.16. The van der Waals surface area contributed by atoms with E-state index >= 15 is 0 Å². The highest BCUT2D eigenvalue weighted by molar-refractivity contribution is 5.69. The van der Waals surface area contributed by atoms with E-state index in [0.29, 0.717) is 12.5 Å². The molecule has 1 aliphatic carbocycles. The number of hydrogen-bond donors (Lipinski definition) is 1. The highest BCUT2D eigenvalue weighted by Crippen LogP contribution is 2.18. The fourth-order valence-corrected chi connectivity index (χ4v) is 2.06. The summed E-state index contributed by atoms with van der Waals surface area (Å²) in [6, 6.07) is 0.856. The Labute approximate surface area is 86.2 Å². The molecule has 0 saturated heterocycles. The number of esters is 1. The van der Waals surface area contributed by atoms with Crippen molar-refractivity contribution in [2.45, 2.75) is 57.5 Å². The van der Waals surface area contributed by atoms with Crippen LogP contribution in [0.4, 0.5) is 0 Å². The van der Waals surface area contributed by atoms with E-state index in [1.165, 1.54) is 39.2 Å². The van der Waals surface area contributed by atoms with Gasteiger partial charge in [0, 0.05) is 12.1 Å². The molecule has 0 aromatic rings. The average Bonchev–Trinajstić information content (AvgIpc) is 2.19. The summed E-state index contributed by atoms with van der Waals surface area (Å²) in [4.78, 5) is 11.0. The van der Waals surface area contributed by atoms with Crippen molar-refractivity contribution in [3.05, 3.63) is 0 Å². The average molecular weight is 199 g/mol. The molecule has 1 saturated carbocycles. The molecule has 0 radical (unpaired) electrons. The van der Waals surface area contributed by atoms with Crippen molar-refractivity contribution in [1.29, 1.82) is 0 Å². The molecule has 0 bridgehead atoms. The summed E-state index contributed by atoms with van der Waals surface area (Å²) in [5.41, 5.74) is 0. The second kappa shape index (κ2) is 6.02. The lowest BCUT2D eigenvalue weighted by Gasteiger charge is -2.26. The molecule has 3 nitrogen and oxygen atoms in total. The van der Waals surface area contributed by atoms with Gasteiger partial charge in [-0.25, -0.2) is 0 Å². The number of rotatable bonds is 4. The standard InChI is InChI=1S/C11H21NO2/c1-9(8-11(13)14-2)12-10-6-4-3-5-7-10/h9-10,12H,3-8H2,1-2H3. The first-order valence-electron chi connectivity index (χ1n) is 5.55. The minimum Gasteiger partial charge on any atom is -0.469 e. The number of carbonyl (C=O) groups is 1. The summed E-state index contributed by atoms with van der Waals surface area (Å²) in [5.74, 6) is -0.124. The summed E-state index contributed by atoms with van der Waals surface area (Å²) < 4.78 is 4.63. The Kier molecular flexibility index (Phi) is 4.94. The van der Waals surface area contributed by atoms with Crippen molar-refractivity contribution < 1.29 is 9.53 Å². The summed E-state index contributed by atoms with van der Waals surface area (Å²) in [6.45, 7) is 2.05. The molecule has 1 rings (SSSR count). The third-order valence-electron chi connectivity index (χ3n) is 2.83. The van der Waals surface area contributed by atoms with Crippen molar-refractivity contribution in [2.75, 3.05) is 7.11 Å². The van der Waals surface area contributed by atoms with Gasteiger partial charge in [-0.3, -0.25) is 4.79 Å². The van der Waals surface area contributed by atoms with Crippen LogP contribution in [0.1, 0.15) is 45.4 Å². The minimum atomic E-state index is -0.124. The van der Waals surface area contributed by atoms with Gasteiger partial charge in [-0.1, -0.05) is 19.3 Å². The SMILES string of the molecule is COC(=O)CC(C)NC1CCCCC1. The second-order valence-electron chi connectivity index (χ2n) is 4.18. The number of hydrogen-bond acceptors (Lipinski definition) is 3. The van der Waals surface area contributed by atoms with E-state index < -0.39 is 0 Å². The largest absolute Gasteiger partial charge is 0.469 e. The zero-order valence-corrected chi connectivity index (χ0v) is 9.21. The lowest BCUT2D eigenvalue weighted by molar-refractivity contribution is -0.141. The van der Waals surface area contributed by atoms with Gasteiger partial charge >= 0.3 is 5.97 Å². The first-order valence-corrected chi connectivity index (χ1v) is 5.55. The number of methoxy groups -OCH3 is 1. The molecule has 0 amide bonds. The van der Waals surface area contributed by atoms with E-state index in [9.17, 15) is 4.79 Å². The van der Waals surface area contributed by atoms with Gasteiger partial charge in [-0.15, -0.1) is 0 Å². The molecular weight excluding hydrogens is 178 g/mol. The van der Waals surface area contributed by atoms with Crippen LogP contribution < -0.4 is 5.32 Å². The molecule has 3 heteroatoms. The van der Waals surface area contributed by atoms with Crippen LogP contribution in [-0.2, 0) is 9.53 Å². The Balaban J connectivity index is 2.18. The molecule has 0 spiro atoms. The normalized spacial score (nSPS) is 20.4. The maximum absolute atomic E-state index is 11.0. The fraction of sp³-hybridized carbons (Fsp3) is 0.909. The van der Waals surface area contributed by atoms with Gasteiger partial charge in [-0.2, -0.15) is 0 Å². The van der Waals surface area contributed by atoms with Gasteiger partial charge in [0.2, 0.25) is 0 Å². The first kappa shape index (κ1) is 11.5. The molecule has 1 fully saturated rings. The molecular formula is C11H21NO2. The Morgan fingerprint density at radius 1 is 1.43 bits per heavy atom. The van der Waals surface area contributed by atoms with Crippen molar-refractivity contribution in [2.24, 2.45) is 0 Å². The lowest BCUT2D eigenvalue weighted by atomic mass is 9.95. The Morgan fingerprint density at radius 3 is 2.64 bits per heavy atom. The zero-order valence-electron chi connectivity index (χ0n) is 9.21. The third-order valence-corrected chi connectivity index (χ3v) is 2.83. The number of nitrogens with one attached hydrogen (secondary N) is 1. The Hall–Kier alpha value is -0.570. The quantitative estimate of drug-likeness (QED) is 0.702. The van der Waals surface area contributed by atoms with Crippen LogP contribution in [0.15, 0.2) is 0 Å². The molecule has 1 aliphatic rings. The molecule has 0 heterocycles. The van der Waals surface area contributed by atoms with Crippen molar-refractivity contribution in [1.82, 2.24) is 5.32 Å². The summed E-state index contributed by atoms with van der Waals surface area (Å²) in [7, 11) is 1.44. The summed E-state index contributed by atoms with van der Waals surface area (Å²) in [6.07, 6.45) is 7.00. The highest BCUT2D eigenvalue weighted by atomic mass is 16.5. The molecule has 0 aromatic heterocycles. The smallest absolute Gasteiger partial charge is 0.307 e. The van der Waals surface area contributed by atoms with Crippen molar-refractivity contribution in [3.8, 4) is 0 Å². The molecule has 1 atom stereocenters. The van der Waals surface area contributed by atoms with E-state index in [2.05, 4.69) is 10.1 Å². The van der Waals surface area contributed by atoms with Crippen LogP contribution in [0, 0.1) is 0 Å². The number of ether oxygens (including phenoxy) is 1. The van der Waals surface area contributed by atoms with Gasteiger partial charge in [0.1, 0.15) is 0 Å². The van der Waals surface area contributed by atoms with Gasteiger partial charge < -0.3 is 10.1 Å². The lowest BCUT2D eigenvalue weighted by Crippen LogP contribution is -2.39. The van der Waals surface area contributed by atoms with Crippen LogP contribution in [0.5, 0.6) is 0 Å². The van der Waals surface area contributed by atoms with Gasteiger partial charge in [-0.05, 0) is 19.8 Å². The van der Waals surface area contributed by atoms with Crippen LogP contribution in [0.2, 0.25) is 0 Å². The molecule has 0 aliphatic heterocycles. The molecule has 1 N–H and O–H groups in total.